The smallest absolute Gasteiger partial charge is 0.329 e. The second kappa shape index (κ2) is 23.0. The van der Waals surface area contributed by atoms with E-state index >= 15 is 0 Å². The summed E-state index contributed by atoms with van der Waals surface area (Å²) in [5.41, 5.74) is 2.76. The molecule has 358 valence electrons. The molecule has 10 heterocycles. The van der Waals surface area contributed by atoms with Crippen LogP contribution in [0.1, 0.15) is 82.2 Å². The molecule has 0 aromatic carbocycles. The number of carbonyl (C=O) groups is 2. The molecule has 0 unspecified atom stereocenters. The number of rotatable bonds is 13. The molecule has 4 bridgehead atoms. The van der Waals surface area contributed by atoms with Crippen LogP contribution in [0, 0.1) is 13.8 Å². The van der Waals surface area contributed by atoms with Crippen molar-refractivity contribution in [2.75, 3.05) is 56.4 Å². The minimum absolute atomic E-state index is 0.0927. The molecular weight excluding hydrogens is 1020 g/mol. The summed E-state index contributed by atoms with van der Waals surface area (Å²) in [6.07, 6.45) is 23.6. The molecule has 68 heavy (non-hydrogen) atoms. The van der Waals surface area contributed by atoms with E-state index in [1.54, 1.807) is 62.0 Å². The molecule has 2 N–H and O–H groups in total. The van der Waals surface area contributed by atoms with Crippen LogP contribution in [0.15, 0.2) is 73.8 Å². The van der Waals surface area contributed by atoms with E-state index in [1.807, 2.05) is 36.6 Å². The van der Waals surface area contributed by atoms with Gasteiger partial charge in [0.25, 0.3) is 0 Å². The van der Waals surface area contributed by atoms with Gasteiger partial charge in [-0.3, -0.25) is 30.4 Å². The molecule has 2 saturated heterocycles. The molecule has 0 radical (unpaired) electrons. The summed E-state index contributed by atoms with van der Waals surface area (Å²) >= 11 is 7.52. The van der Waals surface area contributed by atoms with E-state index < -0.39 is 18.4 Å². The molecule has 16 nitrogen and oxygen atoms in total. The van der Waals surface area contributed by atoms with E-state index in [0.717, 1.165) is 66.0 Å². The molecule has 4 amide bonds. The topological polar surface area (TPSA) is 174 Å². The average molecular weight is 1080 g/mol. The van der Waals surface area contributed by atoms with Crippen LogP contribution in [0.4, 0.5) is 44.2 Å². The summed E-state index contributed by atoms with van der Waals surface area (Å²) in [5.74, 6) is 2.13. The van der Waals surface area contributed by atoms with E-state index in [2.05, 4.69) is 95.3 Å². The zero-order valence-corrected chi connectivity index (χ0v) is 44.8. The van der Waals surface area contributed by atoms with Crippen LogP contribution in [0.5, 0.6) is 0 Å². The standard InChI is InChI=1S/C18H17N7OS.C14H13ClN6O.C4H4NS.3C4H9.Sn/c1-11-21-8-15(27-11)13-2-3-14-17(22-13)25(12-4-7-24(14)10-12)18(26)23-16-9-19-5-6-20-16;15-11-2-1-10-13(18-11)21(9-3-6-20(10)8-9)14(22)19-12-7-16-4-5-17-12;1-4-5-2-3-6-4;3*1-3-4-2;/h2-3,5-6,8-9,12H,4,7,10H2,1H3,(H,20,23,26);1-2,4-5,7,9H,3,6,8H2,(H,17,19,22);2H,1H3;3*1,3-4H2,2H3;/t12-;9-;;;;;/m00...../s1. The third-order valence-electron chi connectivity index (χ3n) is 12.9. The van der Waals surface area contributed by atoms with Crippen LogP contribution in [0.25, 0.3) is 10.6 Å². The molecule has 20 heteroatoms. The number of thiazole rings is 2. The van der Waals surface area contributed by atoms with Gasteiger partial charge in [0.05, 0.1) is 51.4 Å². The number of fused-ring (bicyclic) bond motifs is 8. The number of pyridine rings is 2. The number of halogens is 1. The monoisotopic (exact) mass is 1080 g/mol. The molecular formula is C48H61ClN14O2S2Sn. The van der Waals surface area contributed by atoms with Crippen molar-refractivity contribution in [2.24, 2.45) is 0 Å². The minimum Gasteiger partial charge on any atom is -0.366 e. The first-order valence-corrected chi connectivity index (χ1v) is 33.3. The number of aromatic nitrogens is 8. The Labute approximate surface area is 416 Å². The predicted octanol–water partition coefficient (Wildman–Crippen LogP) is 10.6. The van der Waals surface area contributed by atoms with Gasteiger partial charge in [-0.2, -0.15) is 0 Å². The normalized spacial score (nSPS) is 16.6. The number of nitrogens with one attached hydrogen (secondary N) is 2. The van der Waals surface area contributed by atoms with E-state index in [-0.39, 0.29) is 24.1 Å². The quantitative estimate of drug-likeness (QED) is 0.0829. The van der Waals surface area contributed by atoms with Gasteiger partial charge in [-0.25, -0.2) is 34.5 Å². The fourth-order valence-electron chi connectivity index (χ4n) is 9.50. The van der Waals surface area contributed by atoms with E-state index in [0.29, 0.717) is 28.4 Å². The summed E-state index contributed by atoms with van der Waals surface area (Å²) < 4.78 is 6.45. The van der Waals surface area contributed by atoms with Gasteiger partial charge in [-0.05, 0) is 44.0 Å². The second-order valence-corrected chi connectivity index (χ2v) is 34.7. The molecule has 10 rings (SSSR count). The van der Waals surface area contributed by atoms with E-state index in [4.69, 9.17) is 16.6 Å². The van der Waals surface area contributed by atoms with Crippen LogP contribution in [0.2, 0.25) is 18.5 Å². The van der Waals surface area contributed by atoms with Gasteiger partial charge in [-0.15, -0.1) is 11.3 Å². The van der Waals surface area contributed by atoms with Crippen LogP contribution in [-0.2, 0) is 0 Å². The molecule has 6 aromatic rings. The van der Waals surface area contributed by atoms with Gasteiger partial charge in [-0.1, -0.05) is 11.6 Å². The number of urea groups is 2. The van der Waals surface area contributed by atoms with Crippen molar-refractivity contribution < 1.29 is 9.59 Å². The molecule has 4 aliphatic heterocycles. The Morgan fingerprint density at radius 1 is 0.662 bits per heavy atom. The summed E-state index contributed by atoms with van der Waals surface area (Å²) in [6, 6.07) is 7.42. The summed E-state index contributed by atoms with van der Waals surface area (Å²) in [6.45, 7) is 14.6. The minimum atomic E-state index is -2.12. The average Bonchev–Trinajstić information content (AvgIpc) is 4.18. The molecule has 2 fully saturated rings. The molecule has 2 atom stereocenters. The first-order valence-electron chi connectivity index (χ1n) is 23.8. The van der Waals surface area contributed by atoms with Gasteiger partial charge in [0.1, 0.15) is 5.15 Å². The number of hydrogen-bond donors (Lipinski definition) is 2. The van der Waals surface area contributed by atoms with Gasteiger partial charge in [0.2, 0.25) is 0 Å². The van der Waals surface area contributed by atoms with Crippen LogP contribution < -0.4 is 33.1 Å². The number of aryl methyl sites for hydroxylation is 2. The Morgan fingerprint density at radius 3 is 1.65 bits per heavy atom. The Hall–Kier alpha value is -5.05. The first-order chi connectivity index (χ1) is 33.1. The van der Waals surface area contributed by atoms with Gasteiger partial charge in [0.15, 0.2) is 23.3 Å². The van der Waals surface area contributed by atoms with Crippen molar-refractivity contribution in [1.82, 2.24) is 39.9 Å². The molecule has 6 aromatic heterocycles. The third-order valence-corrected chi connectivity index (χ3v) is 33.2. The van der Waals surface area contributed by atoms with Crippen molar-refractivity contribution in [1.29, 1.82) is 0 Å². The summed E-state index contributed by atoms with van der Waals surface area (Å²) in [7, 11) is 0. The fraction of sp³-hybridized carbons (Fsp3) is 0.458. The van der Waals surface area contributed by atoms with Crippen molar-refractivity contribution in [2.45, 2.75) is 111 Å². The van der Waals surface area contributed by atoms with Crippen LogP contribution >= 0.6 is 34.3 Å². The molecule has 4 aliphatic rings. The molecule has 0 spiro atoms. The summed E-state index contributed by atoms with van der Waals surface area (Å²) in [5, 5.41) is 8.25. The van der Waals surface area contributed by atoms with E-state index in [9.17, 15) is 9.59 Å². The first kappa shape index (κ1) is 49.4. The maximum Gasteiger partial charge on any atom is 0.329 e. The maximum atomic E-state index is 13.0. The number of nitrogens with zero attached hydrogens (tertiary/aromatic N) is 12. The van der Waals surface area contributed by atoms with Gasteiger partial charge in [0, 0.05) is 57.2 Å². The van der Waals surface area contributed by atoms with Crippen LogP contribution in [0.3, 0.4) is 0 Å². The molecule has 0 saturated carbocycles. The van der Waals surface area contributed by atoms with E-state index in [1.165, 1.54) is 62.1 Å². The largest absolute Gasteiger partial charge is 0.366 e. The maximum absolute atomic E-state index is 13.0. The fourth-order valence-corrected chi connectivity index (χ4v) is 30.3. The zero-order valence-electron chi connectivity index (χ0n) is 39.6. The van der Waals surface area contributed by atoms with Crippen molar-refractivity contribution in [3.8, 4) is 10.6 Å². The Bertz CT molecular complexity index is 2600. The van der Waals surface area contributed by atoms with Crippen molar-refractivity contribution >= 4 is 102 Å². The number of amides is 4. The predicted molar refractivity (Wildman–Crippen MR) is 279 cm³/mol. The van der Waals surface area contributed by atoms with Gasteiger partial charge < -0.3 is 9.80 Å². The third kappa shape index (κ3) is 11.5. The Balaban J connectivity index is 0.000000141. The van der Waals surface area contributed by atoms with Crippen molar-refractivity contribution in [3.63, 3.8) is 0 Å². The van der Waals surface area contributed by atoms with Crippen LogP contribution in [-0.4, -0.2) is 109 Å². The zero-order chi connectivity index (χ0) is 47.6. The number of unbranched alkanes of at least 4 members (excludes halogenated alkanes) is 3. The summed E-state index contributed by atoms with van der Waals surface area (Å²) in [4.78, 5) is 68.9. The molecule has 0 aliphatic carbocycles. The number of hydrogen-bond acceptors (Lipinski definition) is 14. The Morgan fingerprint density at radius 2 is 1.18 bits per heavy atom. The number of anilines is 6. The van der Waals surface area contributed by atoms with Crippen molar-refractivity contribution in [3.05, 3.63) is 89.0 Å². The van der Waals surface area contributed by atoms with Gasteiger partial charge >= 0.3 is 140 Å². The SMILES string of the molecule is CCC[CH2][Sn]([CH2]CCC)([CH2]CCC)[c]1cnc(C)s1.Cc1ncc(-c2ccc3c(n2)N(C(=O)Nc2cnccn2)[C@H]2CCN3C2)s1.O=C(Nc1cnccn1)N1c2nc(Cl)ccc2N2CC[C@H]1C2. The Kier molecular flexibility index (Phi) is 16.7. The second-order valence-electron chi connectivity index (χ2n) is 17.7. The number of carbonyl (C=O) groups excluding carboxylic acids is 2.